The van der Waals surface area contributed by atoms with E-state index in [1.807, 2.05) is 24.3 Å². The number of allylic oxidation sites excluding steroid dienone is 1. The van der Waals surface area contributed by atoms with Crippen LogP contribution in [0.2, 0.25) is 0 Å². The standard InChI is InChI=1S/C12H15NO2/c1-3-4-8-12(13-14)10-6-5-7-11(9-10)15-2/h3,5-7,9,14H,1,4,8H2,2H3/b13-12+. The van der Waals surface area contributed by atoms with Crippen molar-refractivity contribution >= 4 is 5.71 Å². The Morgan fingerprint density at radius 3 is 3.00 bits per heavy atom. The first-order valence-electron chi connectivity index (χ1n) is 4.78. The third kappa shape index (κ3) is 3.13. The van der Waals surface area contributed by atoms with Crippen LogP contribution >= 0.6 is 0 Å². The zero-order valence-electron chi connectivity index (χ0n) is 8.81. The maximum absolute atomic E-state index is 8.88. The number of hydrogen-bond acceptors (Lipinski definition) is 3. The summed E-state index contributed by atoms with van der Waals surface area (Å²) < 4.78 is 5.10. The minimum atomic E-state index is 0.647. The molecule has 0 bridgehead atoms. The number of oxime groups is 1. The summed E-state index contributed by atoms with van der Waals surface area (Å²) in [7, 11) is 1.61. The van der Waals surface area contributed by atoms with Crippen molar-refractivity contribution in [3.05, 3.63) is 42.5 Å². The Hall–Kier alpha value is -1.77. The molecule has 3 nitrogen and oxygen atoms in total. The largest absolute Gasteiger partial charge is 0.497 e. The van der Waals surface area contributed by atoms with Crippen LogP contribution in [0.15, 0.2) is 42.1 Å². The summed E-state index contributed by atoms with van der Waals surface area (Å²) in [6, 6.07) is 7.46. The molecule has 1 aromatic rings. The minimum absolute atomic E-state index is 0.647. The van der Waals surface area contributed by atoms with Crippen LogP contribution in [0.5, 0.6) is 5.75 Å². The van der Waals surface area contributed by atoms with E-state index < -0.39 is 0 Å². The van der Waals surface area contributed by atoms with Crippen molar-refractivity contribution in [2.45, 2.75) is 12.8 Å². The van der Waals surface area contributed by atoms with Gasteiger partial charge in [-0.15, -0.1) is 6.58 Å². The minimum Gasteiger partial charge on any atom is -0.497 e. The van der Waals surface area contributed by atoms with Gasteiger partial charge in [-0.1, -0.05) is 23.4 Å². The third-order valence-electron chi connectivity index (χ3n) is 2.11. The Balaban J connectivity index is 2.87. The molecule has 1 rings (SSSR count). The predicted molar refractivity (Wildman–Crippen MR) is 60.7 cm³/mol. The molecule has 0 aromatic heterocycles. The van der Waals surface area contributed by atoms with E-state index in [1.54, 1.807) is 13.2 Å². The first-order valence-corrected chi connectivity index (χ1v) is 4.78. The second-order valence-electron chi connectivity index (χ2n) is 3.11. The van der Waals surface area contributed by atoms with Gasteiger partial charge in [0.05, 0.1) is 12.8 Å². The average molecular weight is 205 g/mol. The molecular formula is C12H15NO2. The summed E-state index contributed by atoms with van der Waals surface area (Å²) >= 11 is 0. The highest BCUT2D eigenvalue weighted by atomic mass is 16.5. The lowest BCUT2D eigenvalue weighted by atomic mass is 10.1. The smallest absolute Gasteiger partial charge is 0.119 e. The molecule has 0 heterocycles. The van der Waals surface area contributed by atoms with Crippen LogP contribution in [0.1, 0.15) is 18.4 Å². The van der Waals surface area contributed by atoms with Crippen molar-refractivity contribution in [2.24, 2.45) is 5.16 Å². The number of rotatable bonds is 5. The van der Waals surface area contributed by atoms with Crippen LogP contribution in [0.3, 0.4) is 0 Å². The van der Waals surface area contributed by atoms with Crippen LogP contribution in [-0.4, -0.2) is 18.0 Å². The highest BCUT2D eigenvalue weighted by molar-refractivity contribution is 6.00. The van der Waals surface area contributed by atoms with Crippen LogP contribution in [0.25, 0.3) is 0 Å². The van der Waals surface area contributed by atoms with Gasteiger partial charge in [0, 0.05) is 5.56 Å². The quantitative estimate of drug-likeness (QED) is 0.347. The monoisotopic (exact) mass is 205 g/mol. The fraction of sp³-hybridized carbons (Fsp3) is 0.250. The highest BCUT2D eigenvalue weighted by Crippen LogP contribution is 2.15. The molecule has 0 saturated heterocycles. The van der Waals surface area contributed by atoms with Crippen LogP contribution in [0, 0.1) is 0 Å². The average Bonchev–Trinajstić information content (AvgIpc) is 2.30. The Morgan fingerprint density at radius 1 is 1.60 bits per heavy atom. The van der Waals surface area contributed by atoms with Gasteiger partial charge < -0.3 is 9.94 Å². The Kier molecular flexibility index (Phi) is 4.41. The number of benzene rings is 1. The lowest BCUT2D eigenvalue weighted by molar-refractivity contribution is 0.318. The number of ether oxygens (including phenoxy) is 1. The molecule has 0 radical (unpaired) electrons. The first-order chi connectivity index (χ1) is 7.31. The number of methoxy groups -OCH3 is 1. The van der Waals surface area contributed by atoms with E-state index in [0.717, 1.165) is 17.7 Å². The normalized spacial score (nSPS) is 11.1. The molecule has 80 valence electrons. The maximum Gasteiger partial charge on any atom is 0.119 e. The van der Waals surface area contributed by atoms with Gasteiger partial charge in [0.2, 0.25) is 0 Å². The van der Waals surface area contributed by atoms with Gasteiger partial charge in [-0.25, -0.2) is 0 Å². The van der Waals surface area contributed by atoms with Crippen LogP contribution in [0.4, 0.5) is 0 Å². The Morgan fingerprint density at radius 2 is 2.40 bits per heavy atom. The van der Waals surface area contributed by atoms with E-state index >= 15 is 0 Å². The fourth-order valence-electron chi connectivity index (χ4n) is 1.29. The van der Waals surface area contributed by atoms with E-state index in [0.29, 0.717) is 12.1 Å². The highest BCUT2D eigenvalue weighted by Gasteiger charge is 2.04. The van der Waals surface area contributed by atoms with Gasteiger partial charge in [-0.05, 0) is 25.0 Å². The molecule has 0 aliphatic heterocycles. The van der Waals surface area contributed by atoms with Crippen molar-refractivity contribution in [2.75, 3.05) is 7.11 Å². The predicted octanol–water partition coefficient (Wildman–Crippen LogP) is 2.84. The summed E-state index contributed by atoms with van der Waals surface area (Å²) in [6.45, 7) is 3.63. The Labute approximate surface area is 89.7 Å². The van der Waals surface area contributed by atoms with Crippen LogP contribution < -0.4 is 4.74 Å². The molecule has 0 fully saturated rings. The van der Waals surface area contributed by atoms with E-state index in [-0.39, 0.29) is 0 Å². The third-order valence-corrected chi connectivity index (χ3v) is 2.11. The van der Waals surface area contributed by atoms with Crippen LogP contribution in [-0.2, 0) is 0 Å². The molecule has 0 unspecified atom stereocenters. The summed E-state index contributed by atoms with van der Waals surface area (Å²) in [4.78, 5) is 0. The molecule has 15 heavy (non-hydrogen) atoms. The zero-order chi connectivity index (χ0) is 11.1. The van der Waals surface area contributed by atoms with E-state index in [9.17, 15) is 0 Å². The van der Waals surface area contributed by atoms with Gasteiger partial charge in [0.1, 0.15) is 5.75 Å². The van der Waals surface area contributed by atoms with Gasteiger partial charge in [-0.3, -0.25) is 0 Å². The molecule has 1 aromatic carbocycles. The summed E-state index contributed by atoms with van der Waals surface area (Å²) in [6.07, 6.45) is 3.26. The summed E-state index contributed by atoms with van der Waals surface area (Å²) in [5, 5.41) is 12.2. The second kappa shape index (κ2) is 5.86. The zero-order valence-corrected chi connectivity index (χ0v) is 8.81. The van der Waals surface area contributed by atoms with Crippen molar-refractivity contribution in [1.82, 2.24) is 0 Å². The van der Waals surface area contributed by atoms with Crippen molar-refractivity contribution in [3.8, 4) is 5.75 Å². The SMILES string of the molecule is C=CCC/C(=N\O)c1cccc(OC)c1. The molecule has 3 heteroatoms. The summed E-state index contributed by atoms with van der Waals surface area (Å²) in [5.41, 5.74) is 1.52. The second-order valence-corrected chi connectivity index (χ2v) is 3.11. The lowest BCUT2D eigenvalue weighted by Gasteiger charge is -2.05. The number of hydrogen-bond donors (Lipinski definition) is 1. The van der Waals surface area contributed by atoms with Crippen molar-refractivity contribution in [1.29, 1.82) is 0 Å². The van der Waals surface area contributed by atoms with Gasteiger partial charge in [0.25, 0.3) is 0 Å². The molecule has 0 aliphatic rings. The molecular weight excluding hydrogens is 190 g/mol. The van der Waals surface area contributed by atoms with Gasteiger partial charge in [-0.2, -0.15) is 0 Å². The van der Waals surface area contributed by atoms with Crippen molar-refractivity contribution in [3.63, 3.8) is 0 Å². The fourth-order valence-corrected chi connectivity index (χ4v) is 1.29. The first kappa shape index (κ1) is 11.3. The Bertz CT molecular complexity index is 358. The molecule has 0 spiro atoms. The van der Waals surface area contributed by atoms with Gasteiger partial charge in [0.15, 0.2) is 0 Å². The molecule has 0 amide bonds. The molecule has 0 saturated carbocycles. The van der Waals surface area contributed by atoms with E-state index in [1.165, 1.54) is 0 Å². The van der Waals surface area contributed by atoms with E-state index in [4.69, 9.17) is 9.94 Å². The molecule has 0 atom stereocenters. The van der Waals surface area contributed by atoms with Crippen molar-refractivity contribution < 1.29 is 9.94 Å². The molecule has 1 N–H and O–H groups in total. The molecule has 0 aliphatic carbocycles. The maximum atomic E-state index is 8.88. The van der Waals surface area contributed by atoms with Gasteiger partial charge >= 0.3 is 0 Å². The summed E-state index contributed by atoms with van der Waals surface area (Å²) in [5.74, 6) is 0.757. The number of nitrogens with zero attached hydrogens (tertiary/aromatic N) is 1. The topological polar surface area (TPSA) is 41.8 Å². The van der Waals surface area contributed by atoms with E-state index in [2.05, 4.69) is 11.7 Å². The lowest BCUT2D eigenvalue weighted by Crippen LogP contribution is -2.00.